The molecule has 0 bridgehead atoms. The first-order valence-electron chi connectivity index (χ1n) is 4.49. The first-order valence-corrected chi connectivity index (χ1v) is 4.49. The van der Waals surface area contributed by atoms with E-state index in [0.29, 0.717) is 6.54 Å². The van der Waals surface area contributed by atoms with Crippen molar-refractivity contribution >= 4 is 0 Å². The summed E-state index contributed by atoms with van der Waals surface area (Å²) >= 11 is 0. The van der Waals surface area contributed by atoms with Crippen LogP contribution in [-0.2, 0) is 13.6 Å². The van der Waals surface area contributed by atoms with E-state index < -0.39 is 0 Å². The molecule has 0 amide bonds. The van der Waals surface area contributed by atoms with Crippen LogP contribution >= 0.6 is 0 Å². The summed E-state index contributed by atoms with van der Waals surface area (Å²) in [5.74, 6) is 0. The monoisotopic (exact) mass is 183 g/mol. The van der Waals surface area contributed by atoms with Gasteiger partial charge in [0, 0.05) is 25.8 Å². The fourth-order valence-electron chi connectivity index (χ4n) is 0.994. The smallest absolute Gasteiger partial charge is 0.0762 e. The fourth-order valence-corrected chi connectivity index (χ4v) is 0.994. The van der Waals surface area contributed by atoms with E-state index in [1.165, 1.54) is 0 Å². The molecule has 4 heteroatoms. The van der Waals surface area contributed by atoms with E-state index >= 15 is 0 Å². The Labute approximate surface area is 78.6 Å². The number of hydrogen-bond donors (Lipinski definition) is 2. The van der Waals surface area contributed by atoms with Gasteiger partial charge in [-0.2, -0.15) is 5.10 Å². The molecule has 0 aliphatic carbocycles. The third kappa shape index (κ3) is 3.16. The molecule has 0 fully saturated rings. The van der Waals surface area contributed by atoms with Gasteiger partial charge in [-0.3, -0.25) is 4.68 Å². The van der Waals surface area contributed by atoms with Crippen LogP contribution < -0.4 is 5.32 Å². The van der Waals surface area contributed by atoms with Crippen LogP contribution in [0, 0.1) is 0 Å². The van der Waals surface area contributed by atoms with Gasteiger partial charge in [-0.15, -0.1) is 0 Å². The summed E-state index contributed by atoms with van der Waals surface area (Å²) in [5.41, 5.74) is 0.995. The van der Waals surface area contributed by atoms with Crippen LogP contribution in [0.5, 0.6) is 0 Å². The highest BCUT2D eigenvalue weighted by Crippen LogP contribution is 1.96. The average molecular weight is 183 g/mol. The SMILES string of the molecule is CC(O)C(C)NCc1ccn(C)n1. The molecular weight excluding hydrogens is 166 g/mol. The third-order valence-corrected chi connectivity index (χ3v) is 2.10. The second kappa shape index (κ2) is 4.39. The largest absolute Gasteiger partial charge is 0.392 e. The van der Waals surface area contributed by atoms with Crippen molar-refractivity contribution in [3.8, 4) is 0 Å². The molecule has 4 nitrogen and oxygen atoms in total. The molecule has 74 valence electrons. The molecule has 0 saturated heterocycles. The zero-order valence-corrected chi connectivity index (χ0v) is 8.36. The summed E-state index contributed by atoms with van der Waals surface area (Å²) in [6, 6.07) is 2.06. The average Bonchev–Trinajstić information content (AvgIpc) is 2.47. The number of nitrogens with zero attached hydrogens (tertiary/aromatic N) is 2. The Kier molecular flexibility index (Phi) is 3.45. The van der Waals surface area contributed by atoms with Gasteiger partial charge in [0.05, 0.1) is 11.8 Å². The second-order valence-electron chi connectivity index (χ2n) is 3.39. The molecule has 1 aromatic heterocycles. The van der Waals surface area contributed by atoms with E-state index in [0.717, 1.165) is 5.69 Å². The Balaban J connectivity index is 2.35. The molecule has 0 radical (unpaired) electrons. The van der Waals surface area contributed by atoms with E-state index in [9.17, 15) is 5.11 Å². The van der Waals surface area contributed by atoms with Gasteiger partial charge < -0.3 is 10.4 Å². The number of aliphatic hydroxyl groups excluding tert-OH is 1. The van der Waals surface area contributed by atoms with Crippen molar-refractivity contribution in [1.82, 2.24) is 15.1 Å². The normalized spacial score (nSPS) is 15.7. The van der Waals surface area contributed by atoms with Gasteiger partial charge in [-0.05, 0) is 19.9 Å². The highest BCUT2D eigenvalue weighted by Gasteiger charge is 2.07. The Morgan fingerprint density at radius 1 is 1.62 bits per heavy atom. The minimum Gasteiger partial charge on any atom is -0.392 e. The maximum Gasteiger partial charge on any atom is 0.0762 e. The molecule has 0 aliphatic rings. The summed E-state index contributed by atoms with van der Waals surface area (Å²) in [4.78, 5) is 0. The van der Waals surface area contributed by atoms with Gasteiger partial charge in [0.25, 0.3) is 0 Å². The maximum atomic E-state index is 9.22. The number of aryl methyl sites for hydroxylation is 1. The van der Waals surface area contributed by atoms with Crippen molar-refractivity contribution in [2.24, 2.45) is 7.05 Å². The van der Waals surface area contributed by atoms with Crippen molar-refractivity contribution in [3.63, 3.8) is 0 Å². The molecule has 1 aromatic rings. The number of aromatic nitrogens is 2. The van der Waals surface area contributed by atoms with Crippen molar-refractivity contribution in [3.05, 3.63) is 18.0 Å². The zero-order valence-electron chi connectivity index (χ0n) is 8.36. The van der Waals surface area contributed by atoms with Gasteiger partial charge in [0.15, 0.2) is 0 Å². The van der Waals surface area contributed by atoms with E-state index in [-0.39, 0.29) is 12.1 Å². The number of aliphatic hydroxyl groups is 1. The summed E-state index contributed by atoms with van der Waals surface area (Å²) in [5, 5.41) is 16.6. The van der Waals surface area contributed by atoms with Crippen molar-refractivity contribution in [2.45, 2.75) is 32.5 Å². The van der Waals surface area contributed by atoms with Crippen LogP contribution in [0.1, 0.15) is 19.5 Å². The molecule has 13 heavy (non-hydrogen) atoms. The van der Waals surface area contributed by atoms with Crippen LogP contribution in [0.4, 0.5) is 0 Å². The van der Waals surface area contributed by atoms with Gasteiger partial charge in [-0.25, -0.2) is 0 Å². The molecule has 0 saturated carbocycles. The first-order chi connectivity index (χ1) is 6.09. The minimum absolute atomic E-state index is 0.0991. The van der Waals surface area contributed by atoms with Crippen LogP contribution in [-0.4, -0.2) is 27.0 Å². The van der Waals surface area contributed by atoms with Crippen LogP contribution in [0.15, 0.2) is 12.3 Å². The van der Waals surface area contributed by atoms with Crippen molar-refractivity contribution in [1.29, 1.82) is 0 Å². The molecule has 0 spiro atoms. The van der Waals surface area contributed by atoms with Crippen LogP contribution in [0.25, 0.3) is 0 Å². The minimum atomic E-state index is -0.330. The van der Waals surface area contributed by atoms with Gasteiger partial charge in [0.1, 0.15) is 0 Å². The van der Waals surface area contributed by atoms with E-state index in [2.05, 4.69) is 10.4 Å². The predicted octanol–water partition coefficient (Wildman–Crippen LogP) is 0.279. The van der Waals surface area contributed by atoms with Crippen LogP contribution in [0.2, 0.25) is 0 Å². The molecule has 0 aromatic carbocycles. The highest BCUT2D eigenvalue weighted by atomic mass is 16.3. The van der Waals surface area contributed by atoms with Crippen molar-refractivity contribution in [2.75, 3.05) is 0 Å². The van der Waals surface area contributed by atoms with E-state index in [1.807, 2.05) is 26.2 Å². The predicted molar refractivity (Wildman–Crippen MR) is 51.2 cm³/mol. The lowest BCUT2D eigenvalue weighted by Crippen LogP contribution is -2.35. The van der Waals surface area contributed by atoms with Gasteiger partial charge >= 0.3 is 0 Å². The molecule has 2 unspecified atom stereocenters. The third-order valence-electron chi connectivity index (χ3n) is 2.10. The lowest BCUT2D eigenvalue weighted by atomic mass is 10.2. The van der Waals surface area contributed by atoms with E-state index in [4.69, 9.17) is 0 Å². The number of nitrogens with one attached hydrogen (secondary N) is 1. The Morgan fingerprint density at radius 2 is 2.31 bits per heavy atom. The molecule has 2 N–H and O–H groups in total. The standard InChI is InChI=1S/C9H17N3O/c1-7(8(2)13)10-6-9-4-5-12(3)11-9/h4-5,7-8,10,13H,6H2,1-3H3. The quantitative estimate of drug-likeness (QED) is 0.705. The number of rotatable bonds is 4. The zero-order chi connectivity index (χ0) is 9.84. The van der Waals surface area contributed by atoms with Gasteiger partial charge in [-0.1, -0.05) is 0 Å². The van der Waals surface area contributed by atoms with E-state index in [1.54, 1.807) is 11.6 Å². The maximum absolute atomic E-state index is 9.22. The Hall–Kier alpha value is -0.870. The molecule has 1 rings (SSSR count). The topological polar surface area (TPSA) is 50.1 Å². The Bertz CT molecular complexity index is 257. The fraction of sp³-hybridized carbons (Fsp3) is 0.667. The summed E-state index contributed by atoms with van der Waals surface area (Å²) in [6.45, 7) is 4.43. The number of hydrogen-bond acceptors (Lipinski definition) is 3. The first kappa shape index (κ1) is 10.2. The van der Waals surface area contributed by atoms with Crippen molar-refractivity contribution < 1.29 is 5.11 Å². The Morgan fingerprint density at radius 3 is 2.77 bits per heavy atom. The summed E-state index contributed by atoms with van der Waals surface area (Å²) in [6.07, 6.45) is 1.58. The molecular formula is C9H17N3O. The lowest BCUT2D eigenvalue weighted by molar-refractivity contribution is 0.152. The van der Waals surface area contributed by atoms with Crippen LogP contribution in [0.3, 0.4) is 0 Å². The lowest BCUT2D eigenvalue weighted by Gasteiger charge is -2.15. The molecule has 2 atom stereocenters. The highest BCUT2D eigenvalue weighted by molar-refractivity contribution is 4.98. The summed E-state index contributed by atoms with van der Waals surface area (Å²) < 4.78 is 1.77. The molecule has 1 heterocycles. The molecule has 0 aliphatic heterocycles. The second-order valence-corrected chi connectivity index (χ2v) is 3.39. The summed E-state index contributed by atoms with van der Waals surface area (Å²) in [7, 11) is 1.89. The van der Waals surface area contributed by atoms with Gasteiger partial charge in [0.2, 0.25) is 0 Å².